The SMILES string of the molecule is CCCc1c(C(=O)NC[C@H]2CCCO2)cnn1-c1cccc(C)c1. The molecular formula is C19H25N3O2. The summed E-state index contributed by atoms with van der Waals surface area (Å²) in [7, 11) is 0. The maximum Gasteiger partial charge on any atom is 0.254 e. The fourth-order valence-electron chi connectivity index (χ4n) is 3.13. The number of carbonyl (C=O) groups is 1. The number of rotatable bonds is 6. The standard InChI is InChI=1S/C19H25N3O2/c1-3-6-18-17(19(23)20-12-16-9-5-10-24-16)13-21-22(18)15-8-4-7-14(2)11-15/h4,7-8,11,13,16H,3,5-6,9-10,12H2,1-2H3,(H,20,23)/t16-/m1/s1. The zero-order valence-corrected chi connectivity index (χ0v) is 14.4. The minimum atomic E-state index is -0.0622. The van der Waals surface area contributed by atoms with E-state index in [4.69, 9.17) is 4.74 Å². The molecule has 1 aliphatic rings. The second-order valence-electron chi connectivity index (χ2n) is 6.35. The van der Waals surface area contributed by atoms with Crippen molar-refractivity contribution in [2.75, 3.05) is 13.2 Å². The van der Waals surface area contributed by atoms with Gasteiger partial charge in [-0.2, -0.15) is 5.10 Å². The van der Waals surface area contributed by atoms with Crippen LogP contribution in [0, 0.1) is 6.92 Å². The third-order valence-corrected chi connectivity index (χ3v) is 4.36. The Morgan fingerprint density at radius 1 is 1.46 bits per heavy atom. The van der Waals surface area contributed by atoms with Gasteiger partial charge in [0.15, 0.2) is 0 Å². The predicted octanol–water partition coefficient (Wildman–Crippen LogP) is 3.04. The number of aromatic nitrogens is 2. The van der Waals surface area contributed by atoms with Crippen LogP contribution in [0.25, 0.3) is 5.69 Å². The van der Waals surface area contributed by atoms with Gasteiger partial charge in [-0.15, -0.1) is 0 Å². The average Bonchev–Trinajstić information content (AvgIpc) is 3.23. The lowest BCUT2D eigenvalue weighted by molar-refractivity contribution is 0.0857. The summed E-state index contributed by atoms with van der Waals surface area (Å²) in [5, 5.41) is 7.47. The molecule has 1 atom stereocenters. The van der Waals surface area contributed by atoms with Crippen LogP contribution in [-0.4, -0.2) is 34.9 Å². The molecule has 1 aromatic carbocycles. The normalized spacial score (nSPS) is 17.2. The second-order valence-corrected chi connectivity index (χ2v) is 6.35. The number of carbonyl (C=O) groups excluding carboxylic acids is 1. The molecule has 0 saturated carbocycles. The number of ether oxygens (including phenoxy) is 1. The Hall–Kier alpha value is -2.14. The van der Waals surface area contributed by atoms with E-state index < -0.39 is 0 Å². The summed E-state index contributed by atoms with van der Waals surface area (Å²) in [5.41, 5.74) is 3.80. The molecule has 128 valence electrons. The number of nitrogens with zero attached hydrogens (tertiary/aromatic N) is 2. The van der Waals surface area contributed by atoms with Gasteiger partial charge in [0.2, 0.25) is 0 Å². The van der Waals surface area contributed by atoms with Crippen molar-refractivity contribution in [2.45, 2.75) is 45.6 Å². The topological polar surface area (TPSA) is 56.1 Å². The minimum Gasteiger partial charge on any atom is -0.376 e. The number of hydrogen-bond acceptors (Lipinski definition) is 3. The first-order chi connectivity index (χ1) is 11.7. The molecule has 1 amide bonds. The zero-order valence-electron chi connectivity index (χ0n) is 14.4. The van der Waals surface area contributed by atoms with Crippen LogP contribution in [0.15, 0.2) is 30.5 Å². The monoisotopic (exact) mass is 327 g/mol. The van der Waals surface area contributed by atoms with E-state index in [1.807, 2.05) is 16.8 Å². The Bertz CT molecular complexity index is 702. The molecule has 2 aromatic rings. The molecule has 0 spiro atoms. The third kappa shape index (κ3) is 3.67. The Morgan fingerprint density at radius 2 is 2.33 bits per heavy atom. The molecule has 1 aliphatic heterocycles. The van der Waals surface area contributed by atoms with Crippen molar-refractivity contribution < 1.29 is 9.53 Å². The average molecular weight is 327 g/mol. The van der Waals surface area contributed by atoms with Crippen LogP contribution >= 0.6 is 0 Å². The molecule has 24 heavy (non-hydrogen) atoms. The lowest BCUT2D eigenvalue weighted by atomic mass is 10.1. The highest BCUT2D eigenvalue weighted by Crippen LogP contribution is 2.18. The molecule has 1 N–H and O–H groups in total. The van der Waals surface area contributed by atoms with Gasteiger partial charge in [0.05, 0.1) is 29.2 Å². The van der Waals surface area contributed by atoms with Crippen LogP contribution in [0.3, 0.4) is 0 Å². The van der Waals surface area contributed by atoms with Crippen LogP contribution in [-0.2, 0) is 11.2 Å². The summed E-state index contributed by atoms with van der Waals surface area (Å²) < 4.78 is 7.46. The van der Waals surface area contributed by atoms with Gasteiger partial charge in [-0.25, -0.2) is 4.68 Å². The van der Waals surface area contributed by atoms with Crippen LogP contribution in [0.2, 0.25) is 0 Å². The summed E-state index contributed by atoms with van der Waals surface area (Å²) in [6.45, 7) is 5.54. The van der Waals surface area contributed by atoms with E-state index in [1.54, 1.807) is 6.20 Å². The van der Waals surface area contributed by atoms with Crippen molar-refractivity contribution in [1.29, 1.82) is 0 Å². The predicted molar refractivity (Wildman–Crippen MR) is 93.6 cm³/mol. The van der Waals surface area contributed by atoms with E-state index in [0.717, 1.165) is 43.7 Å². The first-order valence-corrected chi connectivity index (χ1v) is 8.72. The maximum absolute atomic E-state index is 12.6. The van der Waals surface area contributed by atoms with Crippen molar-refractivity contribution in [3.8, 4) is 5.69 Å². The highest BCUT2D eigenvalue weighted by Gasteiger charge is 2.20. The van der Waals surface area contributed by atoms with Gasteiger partial charge < -0.3 is 10.1 Å². The van der Waals surface area contributed by atoms with E-state index >= 15 is 0 Å². The van der Waals surface area contributed by atoms with Crippen LogP contribution < -0.4 is 5.32 Å². The fourth-order valence-corrected chi connectivity index (χ4v) is 3.13. The smallest absolute Gasteiger partial charge is 0.254 e. The number of amides is 1. The molecule has 3 rings (SSSR count). The van der Waals surface area contributed by atoms with Gasteiger partial charge in [0.1, 0.15) is 0 Å². The third-order valence-electron chi connectivity index (χ3n) is 4.36. The molecule has 1 aromatic heterocycles. The van der Waals surface area contributed by atoms with E-state index in [9.17, 15) is 4.79 Å². The Kier molecular flexibility index (Phi) is 5.30. The Labute approximate surface area is 143 Å². The lowest BCUT2D eigenvalue weighted by Crippen LogP contribution is -2.32. The summed E-state index contributed by atoms with van der Waals surface area (Å²) in [5.74, 6) is -0.0622. The van der Waals surface area contributed by atoms with Gasteiger partial charge in [-0.1, -0.05) is 25.5 Å². The summed E-state index contributed by atoms with van der Waals surface area (Å²) in [6.07, 6.45) is 5.70. The quantitative estimate of drug-likeness (QED) is 0.887. The summed E-state index contributed by atoms with van der Waals surface area (Å²) in [4.78, 5) is 12.6. The fraction of sp³-hybridized carbons (Fsp3) is 0.474. The van der Waals surface area contributed by atoms with E-state index in [0.29, 0.717) is 12.1 Å². The van der Waals surface area contributed by atoms with Gasteiger partial charge in [-0.3, -0.25) is 4.79 Å². The molecule has 2 heterocycles. The van der Waals surface area contributed by atoms with Crippen LogP contribution in [0.4, 0.5) is 0 Å². The van der Waals surface area contributed by atoms with Crippen molar-refractivity contribution in [1.82, 2.24) is 15.1 Å². The highest BCUT2D eigenvalue weighted by molar-refractivity contribution is 5.95. The van der Waals surface area contributed by atoms with Gasteiger partial charge >= 0.3 is 0 Å². The maximum atomic E-state index is 12.6. The molecule has 5 nitrogen and oxygen atoms in total. The first kappa shape index (κ1) is 16.7. The molecule has 5 heteroatoms. The zero-order chi connectivity index (χ0) is 16.9. The van der Waals surface area contributed by atoms with Crippen molar-refractivity contribution in [3.05, 3.63) is 47.3 Å². The summed E-state index contributed by atoms with van der Waals surface area (Å²) >= 11 is 0. The van der Waals surface area contributed by atoms with E-state index in [1.165, 1.54) is 5.56 Å². The van der Waals surface area contributed by atoms with Crippen molar-refractivity contribution in [2.24, 2.45) is 0 Å². The van der Waals surface area contributed by atoms with E-state index in [-0.39, 0.29) is 12.0 Å². The number of aryl methyl sites for hydroxylation is 1. The lowest BCUT2D eigenvalue weighted by Gasteiger charge is -2.12. The molecule has 1 fully saturated rings. The molecular weight excluding hydrogens is 302 g/mol. The number of nitrogens with one attached hydrogen (secondary N) is 1. The van der Waals surface area contributed by atoms with Crippen LogP contribution in [0.5, 0.6) is 0 Å². The Morgan fingerprint density at radius 3 is 3.04 bits per heavy atom. The second kappa shape index (κ2) is 7.62. The molecule has 0 bridgehead atoms. The molecule has 1 saturated heterocycles. The number of benzene rings is 1. The Balaban J connectivity index is 1.81. The number of hydrogen-bond donors (Lipinski definition) is 1. The van der Waals surface area contributed by atoms with Crippen molar-refractivity contribution in [3.63, 3.8) is 0 Å². The molecule has 0 unspecified atom stereocenters. The van der Waals surface area contributed by atoms with Gasteiger partial charge in [0, 0.05) is 13.2 Å². The molecule has 0 aliphatic carbocycles. The summed E-state index contributed by atoms with van der Waals surface area (Å²) in [6, 6.07) is 8.17. The largest absolute Gasteiger partial charge is 0.376 e. The minimum absolute atomic E-state index is 0.0622. The van der Waals surface area contributed by atoms with E-state index in [2.05, 4.69) is 36.4 Å². The van der Waals surface area contributed by atoms with Crippen LogP contribution in [0.1, 0.15) is 47.8 Å². The highest BCUT2D eigenvalue weighted by atomic mass is 16.5. The molecule has 0 radical (unpaired) electrons. The van der Waals surface area contributed by atoms with Gasteiger partial charge in [-0.05, 0) is 43.9 Å². The first-order valence-electron chi connectivity index (χ1n) is 8.72. The van der Waals surface area contributed by atoms with Crippen molar-refractivity contribution >= 4 is 5.91 Å². The van der Waals surface area contributed by atoms with Gasteiger partial charge in [0.25, 0.3) is 5.91 Å².